The van der Waals surface area contributed by atoms with Crippen LogP contribution in [0.25, 0.3) is 16.5 Å². The van der Waals surface area contributed by atoms with Gasteiger partial charge in [0.1, 0.15) is 15.7 Å². The Labute approximate surface area is 223 Å². The van der Waals surface area contributed by atoms with Gasteiger partial charge >= 0.3 is 0 Å². The maximum Gasteiger partial charge on any atom is 0.260 e. The fourth-order valence-corrected chi connectivity index (χ4v) is 5.85. The number of fused-ring (bicyclic) bond motifs is 1. The summed E-state index contributed by atoms with van der Waals surface area (Å²) in [7, 11) is -3.83. The molecule has 0 saturated heterocycles. The van der Waals surface area contributed by atoms with Gasteiger partial charge in [0, 0.05) is 29.4 Å². The summed E-state index contributed by atoms with van der Waals surface area (Å²) in [5.41, 5.74) is 8.66. The number of pyridine rings is 1. The first-order valence-corrected chi connectivity index (χ1v) is 14.0. The van der Waals surface area contributed by atoms with Crippen molar-refractivity contribution in [3.05, 3.63) is 93.8 Å². The van der Waals surface area contributed by atoms with Crippen molar-refractivity contribution in [2.24, 2.45) is 5.73 Å². The van der Waals surface area contributed by atoms with Crippen LogP contribution in [-0.2, 0) is 23.1 Å². The molecule has 38 heavy (non-hydrogen) atoms. The molecule has 0 fully saturated rings. The summed E-state index contributed by atoms with van der Waals surface area (Å²) in [6.07, 6.45) is 3.08. The Balaban J connectivity index is 1.37. The minimum Gasteiger partial charge on any atom is -0.365 e. The van der Waals surface area contributed by atoms with E-state index in [1.54, 1.807) is 24.4 Å². The number of hydrogen-bond acceptors (Lipinski definition) is 8. The van der Waals surface area contributed by atoms with Crippen molar-refractivity contribution in [3.8, 4) is 5.69 Å². The van der Waals surface area contributed by atoms with Crippen LogP contribution >= 0.6 is 11.3 Å². The van der Waals surface area contributed by atoms with E-state index in [2.05, 4.69) is 25.1 Å². The van der Waals surface area contributed by atoms with E-state index in [4.69, 9.17) is 5.73 Å². The summed E-state index contributed by atoms with van der Waals surface area (Å²) in [5.74, 6) is -0.0246. The number of thiazole rings is 1. The summed E-state index contributed by atoms with van der Waals surface area (Å²) in [6.45, 7) is 4.20. The lowest BCUT2D eigenvalue weighted by Crippen LogP contribution is -2.24. The van der Waals surface area contributed by atoms with Crippen molar-refractivity contribution in [1.29, 1.82) is 0 Å². The number of rotatable bonds is 9. The number of hydrogen-bond donors (Lipinski definition) is 3. The minimum atomic E-state index is -3.83. The highest BCUT2D eigenvalue weighted by molar-refractivity contribution is 7.89. The van der Waals surface area contributed by atoms with E-state index in [0.29, 0.717) is 27.6 Å². The van der Waals surface area contributed by atoms with Crippen LogP contribution in [-0.4, -0.2) is 34.1 Å². The van der Waals surface area contributed by atoms with E-state index in [0.717, 1.165) is 28.0 Å². The summed E-state index contributed by atoms with van der Waals surface area (Å²) in [4.78, 5) is 20.4. The summed E-state index contributed by atoms with van der Waals surface area (Å²) >= 11 is 1.19. The average Bonchev–Trinajstić information content (AvgIpc) is 3.50. The van der Waals surface area contributed by atoms with Crippen LogP contribution in [0.3, 0.4) is 0 Å². The van der Waals surface area contributed by atoms with Gasteiger partial charge in [0.2, 0.25) is 10.0 Å². The van der Waals surface area contributed by atoms with Crippen LogP contribution in [0.1, 0.15) is 31.6 Å². The Hall–Kier alpha value is -4.13. The highest BCUT2D eigenvalue weighted by Crippen LogP contribution is 2.26. The smallest absolute Gasteiger partial charge is 0.260 e. The molecule has 3 heterocycles. The number of sulfonamides is 1. The number of nitrogens with zero attached hydrogens (tertiary/aromatic N) is 4. The number of carbonyl (C=O) groups is 1. The van der Waals surface area contributed by atoms with Gasteiger partial charge < -0.3 is 11.1 Å². The van der Waals surface area contributed by atoms with E-state index >= 15 is 0 Å². The third-order valence-corrected chi connectivity index (χ3v) is 8.54. The molecule has 4 N–H and O–H groups in total. The van der Waals surface area contributed by atoms with Gasteiger partial charge in [-0.2, -0.15) is 5.10 Å². The number of anilines is 1. The van der Waals surface area contributed by atoms with E-state index in [1.807, 2.05) is 54.9 Å². The van der Waals surface area contributed by atoms with Crippen LogP contribution in [0.4, 0.5) is 5.82 Å². The fourth-order valence-electron chi connectivity index (χ4n) is 4.12. The van der Waals surface area contributed by atoms with Gasteiger partial charge in [-0.15, -0.1) is 11.3 Å². The molecule has 0 radical (unpaired) electrons. The lowest BCUT2D eigenvalue weighted by atomic mass is 10.1. The third-order valence-electron chi connectivity index (χ3n) is 6.13. The van der Waals surface area contributed by atoms with Crippen LogP contribution in [0.5, 0.6) is 0 Å². The van der Waals surface area contributed by atoms with Crippen LogP contribution in [0.15, 0.2) is 71.9 Å². The molecule has 0 spiro atoms. The summed E-state index contributed by atoms with van der Waals surface area (Å²) in [5, 5.41) is 9.91. The first-order chi connectivity index (χ1) is 18.2. The average molecular weight is 548 g/mol. The third kappa shape index (κ3) is 5.14. The Morgan fingerprint density at radius 1 is 1.05 bits per heavy atom. The number of benzene rings is 2. The number of aromatic nitrogens is 4. The molecule has 0 atom stereocenters. The zero-order chi connectivity index (χ0) is 26.9. The Morgan fingerprint density at radius 2 is 1.84 bits per heavy atom. The molecule has 5 aromatic rings. The number of nitrogens with one attached hydrogen (secondary N) is 2. The molecule has 12 heteroatoms. The van der Waals surface area contributed by atoms with Crippen molar-refractivity contribution in [1.82, 2.24) is 24.5 Å². The second-order valence-corrected chi connectivity index (χ2v) is 11.5. The Kier molecular flexibility index (Phi) is 6.93. The molecule has 1 amide bonds. The highest BCUT2D eigenvalue weighted by atomic mass is 32.2. The molecule has 10 nitrogen and oxygen atoms in total. The molecule has 194 valence electrons. The van der Waals surface area contributed by atoms with Crippen LogP contribution in [0.2, 0.25) is 0 Å². The molecule has 0 bridgehead atoms. The van der Waals surface area contributed by atoms with Crippen LogP contribution in [0, 0.1) is 13.8 Å². The van der Waals surface area contributed by atoms with E-state index in [9.17, 15) is 13.2 Å². The predicted molar refractivity (Wildman–Crippen MR) is 147 cm³/mol. The molecule has 0 aliphatic carbocycles. The Morgan fingerprint density at radius 3 is 2.58 bits per heavy atom. The van der Waals surface area contributed by atoms with Gasteiger partial charge in [-0.25, -0.2) is 27.8 Å². The van der Waals surface area contributed by atoms with Gasteiger partial charge in [0.05, 0.1) is 29.0 Å². The SMILES string of the molecule is Cc1nn(-c2ccccc2)c(C)c1CNS(=O)(=O)c1ccc2ccnc(NCc3ncc(C(N)=O)s3)c2c1. The molecule has 0 aliphatic heterocycles. The Bertz CT molecular complexity index is 1750. The lowest BCUT2D eigenvalue weighted by Gasteiger charge is -2.11. The monoisotopic (exact) mass is 547 g/mol. The van der Waals surface area contributed by atoms with Gasteiger partial charge in [-0.05, 0) is 49.6 Å². The van der Waals surface area contributed by atoms with E-state index in [-0.39, 0.29) is 11.4 Å². The number of amides is 1. The zero-order valence-corrected chi connectivity index (χ0v) is 22.3. The van der Waals surface area contributed by atoms with E-state index < -0.39 is 15.9 Å². The molecule has 2 aromatic carbocycles. The fraction of sp³-hybridized carbons (Fsp3) is 0.154. The van der Waals surface area contributed by atoms with Crippen molar-refractivity contribution in [2.45, 2.75) is 31.8 Å². The van der Waals surface area contributed by atoms with Gasteiger partial charge in [0.25, 0.3) is 5.91 Å². The number of carbonyl (C=O) groups excluding carboxylic acids is 1. The number of nitrogens with two attached hydrogens (primary N) is 1. The molecule has 0 unspecified atom stereocenters. The molecular weight excluding hydrogens is 522 g/mol. The predicted octanol–water partition coefficient (Wildman–Crippen LogP) is 3.68. The molecule has 3 aromatic heterocycles. The lowest BCUT2D eigenvalue weighted by molar-refractivity contribution is 0.100. The zero-order valence-electron chi connectivity index (χ0n) is 20.7. The van der Waals surface area contributed by atoms with Gasteiger partial charge in [-0.1, -0.05) is 24.3 Å². The van der Waals surface area contributed by atoms with Gasteiger partial charge in [0.15, 0.2) is 0 Å². The summed E-state index contributed by atoms with van der Waals surface area (Å²) < 4.78 is 31.1. The quantitative estimate of drug-likeness (QED) is 0.255. The van der Waals surface area contributed by atoms with E-state index in [1.165, 1.54) is 17.5 Å². The molecule has 5 rings (SSSR count). The maximum atomic E-state index is 13.3. The largest absolute Gasteiger partial charge is 0.365 e. The second-order valence-electron chi connectivity index (χ2n) is 8.60. The maximum absolute atomic E-state index is 13.3. The molecule has 0 aliphatic rings. The number of aryl methyl sites for hydroxylation is 1. The van der Waals surface area contributed by atoms with Crippen molar-refractivity contribution < 1.29 is 13.2 Å². The minimum absolute atomic E-state index is 0.106. The first kappa shape index (κ1) is 25.5. The number of para-hydroxylation sites is 1. The van der Waals surface area contributed by atoms with Gasteiger partial charge in [-0.3, -0.25) is 4.79 Å². The number of primary amides is 1. The highest BCUT2D eigenvalue weighted by Gasteiger charge is 2.19. The normalized spacial score (nSPS) is 11.6. The molecule has 0 saturated carbocycles. The molecular formula is C26H25N7O3S2. The topological polar surface area (TPSA) is 145 Å². The van der Waals surface area contributed by atoms with Crippen molar-refractivity contribution in [3.63, 3.8) is 0 Å². The van der Waals surface area contributed by atoms with Crippen molar-refractivity contribution >= 4 is 43.9 Å². The summed E-state index contributed by atoms with van der Waals surface area (Å²) in [6, 6.07) is 16.4. The van der Waals surface area contributed by atoms with Crippen molar-refractivity contribution in [2.75, 3.05) is 5.32 Å². The first-order valence-electron chi connectivity index (χ1n) is 11.7. The van der Waals surface area contributed by atoms with Crippen LogP contribution < -0.4 is 15.8 Å². The second kappa shape index (κ2) is 10.3. The standard InChI is InChI=1S/C26H25N7O3S2/c1-16-22(17(2)33(32-16)19-6-4-3-5-7-19)13-31-38(35,36)20-9-8-18-10-11-28-26(21(18)12-20)30-15-24-29-14-23(37-24)25(27)34/h3-12,14,31H,13,15H2,1-2H3,(H2,27,34)(H,28,30).